The van der Waals surface area contributed by atoms with E-state index in [9.17, 15) is 9.59 Å². The minimum atomic E-state index is -1.67. The van der Waals surface area contributed by atoms with Gasteiger partial charge in [-0.1, -0.05) is 0 Å². The lowest BCUT2D eigenvalue weighted by Crippen LogP contribution is -2.52. The van der Waals surface area contributed by atoms with Crippen molar-refractivity contribution in [3.8, 4) is 12.1 Å². The maximum absolute atomic E-state index is 11.8. The van der Waals surface area contributed by atoms with Gasteiger partial charge in [0, 0.05) is 34.0 Å². The van der Waals surface area contributed by atoms with Crippen LogP contribution < -0.4 is 5.84 Å². The molecule has 0 aromatic carbocycles. The molecule has 0 rings (SSSR count). The monoisotopic (exact) mass is 294 g/mol. The third-order valence-corrected chi connectivity index (χ3v) is 3.18. The molecule has 0 aliphatic rings. The lowest BCUT2D eigenvalue weighted by atomic mass is 10.1. The highest BCUT2D eigenvalue weighted by molar-refractivity contribution is 5.78. The highest BCUT2D eigenvalue weighted by atomic mass is 16.2. The van der Waals surface area contributed by atoms with Crippen molar-refractivity contribution in [1.82, 2.24) is 15.0 Å². The van der Waals surface area contributed by atoms with Gasteiger partial charge in [0.25, 0.3) is 0 Å². The van der Waals surface area contributed by atoms with E-state index in [-0.39, 0.29) is 12.3 Å². The average Bonchev–Trinajstić information content (AvgIpc) is 2.48. The van der Waals surface area contributed by atoms with E-state index in [0.717, 1.165) is 0 Å². The number of amides is 2. The van der Waals surface area contributed by atoms with Gasteiger partial charge in [-0.3, -0.25) is 14.6 Å². The highest BCUT2D eigenvalue weighted by Crippen LogP contribution is 2.12. The summed E-state index contributed by atoms with van der Waals surface area (Å²) < 4.78 is 0. The van der Waals surface area contributed by atoms with Crippen LogP contribution in [0.3, 0.4) is 0 Å². The van der Waals surface area contributed by atoms with Crippen LogP contribution in [0.2, 0.25) is 0 Å². The predicted molar refractivity (Wildman–Crippen MR) is 75.6 cm³/mol. The summed E-state index contributed by atoms with van der Waals surface area (Å²) in [6.45, 7) is 1.28. The Balaban J connectivity index is 4.21. The Hall–Kier alpha value is -2.16. The molecule has 0 saturated carbocycles. The molecule has 0 aliphatic heterocycles. The zero-order valence-corrected chi connectivity index (χ0v) is 13.0. The van der Waals surface area contributed by atoms with Crippen molar-refractivity contribution in [2.24, 2.45) is 5.84 Å². The van der Waals surface area contributed by atoms with Crippen LogP contribution in [-0.2, 0) is 9.59 Å². The van der Waals surface area contributed by atoms with Gasteiger partial charge in [-0.15, -0.1) is 0 Å². The summed E-state index contributed by atoms with van der Waals surface area (Å²) in [7, 11) is 5.19. The van der Waals surface area contributed by atoms with Crippen LogP contribution in [0.5, 0.6) is 0 Å². The molecule has 0 radical (unpaired) electrons. The number of hydrogen-bond donors (Lipinski definition) is 1. The number of carbonyl (C=O) groups is 2. The number of hydrazine groups is 2. The molecule has 0 atom stereocenters. The Labute approximate surface area is 125 Å². The molecular formula is C13H22N6O2. The topological polar surface area (TPSA) is 117 Å². The van der Waals surface area contributed by atoms with E-state index in [4.69, 9.17) is 16.4 Å². The Morgan fingerprint density at radius 1 is 1.05 bits per heavy atom. The van der Waals surface area contributed by atoms with E-state index in [1.54, 1.807) is 38.3 Å². The molecule has 8 heteroatoms. The average molecular weight is 294 g/mol. The summed E-state index contributed by atoms with van der Waals surface area (Å²) in [4.78, 5) is 23.5. The third kappa shape index (κ3) is 5.38. The maximum atomic E-state index is 11.8. The first kappa shape index (κ1) is 18.8. The second kappa shape index (κ2) is 8.20. The first-order chi connectivity index (χ1) is 9.69. The summed E-state index contributed by atoms with van der Waals surface area (Å²) in [5.74, 6) is 4.97. The van der Waals surface area contributed by atoms with Gasteiger partial charge in [0.15, 0.2) is 0 Å². The highest BCUT2D eigenvalue weighted by Gasteiger charge is 2.33. The second-order valence-electron chi connectivity index (χ2n) is 5.03. The molecule has 116 valence electrons. The fraction of sp³-hybridized carbons (Fsp3) is 0.692. The van der Waals surface area contributed by atoms with Gasteiger partial charge in [0.2, 0.25) is 17.4 Å². The van der Waals surface area contributed by atoms with Crippen molar-refractivity contribution in [2.75, 3.05) is 21.1 Å². The van der Waals surface area contributed by atoms with Crippen molar-refractivity contribution >= 4 is 11.8 Å². The van der Waals surface area contributed by atoms with Gasteiger partial charge in [-0.2, -0.15) is 10.5 Å². The van der Waals surface area contributed by atoms with E-state index in [1.165, 1.54) is 11.9 Å². The quantitative estimate of drug-likeness (QED) is 0.305. The molecule has 0 aromatic heterocycles. The van der Waals surface area contributed by atoms with Crippen LogP contribution in [0.15, 0.2) is 0 Å². The van der Waals surface area contributed by atoms with Crippen LogP contribution in [-0.4, -0.2) is 53.5 Å². The van der Waals surface area contributed by atoms with Gasteiger partial charge >= 0.3 is 0 Å². The SMILES string of the molecule is CN(C)N(C)C(=O)CCCCC(=O)N(N)C(C)(C#N)C#N. The molecule has 8 nitrogen and oxygen atoms in total. The van der Waals surface area contributed by atoms with E-state index < -0.39 is 11.4 Å². The van der Waals surface area contributed by atoms with Crippen LogP contribution in [0.4, 0.5) is 0 Å². The maximum Gasteiger partial charge on any atom is 0.238 e. The summed E-state index contributed by atoms with van der Waals surface area (Å²) in [5.41, 5.74) is -1.67. The van der Waals surface area contributed by atoms with Crippen molar-refractivity contribution in [3.05, 3.63) is 0 Å². The lowest BCUT2D eigenvalue weighted by molar-refractivity contribution is -0.142. The molecule has 0 aliphatic carbocycles. The van der Waals surface area contributed by atoms with Crippen LogP contribution >= 0.6 is 0 Å². The van der Waals surface area contributed by atoms with Gasteiger partial charge in [0.05, 0.1) is 0 Å². The van der Waals surface area contributed by atoms with E-state index >= 15 is 0 Å². The molecule has 2 N–H and O–H groups in total. The van der Waals surface area contributed by atoms with Gasteiger partial charge in [-0.05, 0) is 19.8 Å². The Kier molecular flexibility index (Phi) is 7.36. The van der Waals surface area contributed by atoms with Crippen molar-refractivity contribution < 1.29 is 9.59 Å². The Morgan fingerprint density at radius 3 is 1.86 bits per heavy atom. The molecule has 0 spiro atoms. The molecule has 0 aromatic rings. The van der Waals surface area contributed by atoms with Gasteiger partial charge in [-0.25, -0.2) is 15.9 Å². The molecule has 0 saturated heterocycles. The predicted octanol–water partition coefficient (Wildman–Crippen LogP) is -0.0100. The second-order valence-corrected chi connectivity index (χ2v) is 5.03. The number of carbonyl (C=O) groups excluding carboxylic acids is 2. The molecule has 21 heavy (non-hydrogen) atoms. The standard InChI is InChI=1S/C13H22N6O2/c1-13(9-14,10-15)19(16)12(21)8-6-5-7-11(20)18(4)17(2)3/h5-8,16H2,1-4H3. The molecule has 0 bridgehead atoms. The fourth-order valence-corrected chi connectivity index (χ4v) is 1.44. The number of nitrogens with zero attached hydrogens (tertiary/aromatic N) is 5. The summed E-state index contributed by atoms with van der Waals surface area (Å²) in [5, 5.41) is 21.5. The lowest BCUT2D eigenvalue weighted by Gasteiger charge is -2.26. The first-order valence-corrected chi connectivity index (χ1v) is 6.53. The molecule has 2 amide bonds. The summed E-state index contributed by atoms with van der Waals surface area (Å²) >= 11 is 0. The number of hydrogen-bond acceptors (Lipinski definition) is 6. The van der Waals surface area contributed by atoms with E-state index in [2.05, 4.69) is 0 Å². The molecule has 0 heterocycles. The number of unbranched alkanes of at least 4 members (excludes halogenated alkanes) is 1. The zero-order valence-electron chi connectivity index (χ0n) is 13.0. The first-order valence-electron chi connectivity index (χ1n) is 6.53. The van der Waals surface area contributed by atoms with E-state index in [1.807, 2.05) is 0 Å². The molecule has 0 fully saturated rings. The van der Waals surface area contributed by atoms with Gasteiger partial charge < -0.3 is 0 Å². The van der Waals surface area contributed by atoms with Crippen molar-refractivity contribution in [2.45, 2.75) is 38.1 Å². The van der Waals surface area contributed by atoms with Crippen LogP contribution in [0, 0.1) is 22.7 Å². The molecular weight excluding hydrogens is 272 g/mol. The molecule has 0 unspecified atom stereocenters. The van der Waals surface area contributed by atoms with Crippen molar-refractivity contribution in [3.63, 3.8) is 0 Å². The van der Waals surface area contributed by atoms with Gasteiger partial charge in [0.1, 0.15) is 12.1 Å². The number of nitriles is 2. The Morgan fingerprint density at radius 2 is 1.48 bits per heavy atom. The van der Waals surface area contributed by atoms with Crippen LogP contribution in [0.25, 0.3) is 0 Å². The smallest absolute Gasteiger partial charge is 0.238 e. The normalized spacial score (nSPS) is 10.7. The van der Waals surface area contributed by atoms with E-state index in [0.29, 0.717) is 24.3 Å². The minimum absolute atomic E-state index is 0.0454. The third-order valence-electron chi connectivity index (χ3n) is 3.18. The zero-order chi connectivity index (χ0) is 16.6. The van der Waals surface area contributed by atoms with Crippen molar-refractivity contribution in [1.29, 1.82) is 10.5 Å². The summed E-state index contributed by atoms with van der Waals surface area (Å²) in [6.07, 6.45) is 1.41. The minimum Gasteiger partial charge on any atom is -0.279 e. The summed E-state index contributed by atoms with van der Waals surface area (Å²) in [6, 6.07) is 3.40. The fourth-order valence-electron chi connectivity index (χ4n) is 1.44. The number of rotatable bonds is 7. The largest absolute Gasteiger partial charge is 0.279 e. The number of nitrogens with two attached hydrogens (primary N) is 1. The Bertz CT molecular complexity index is 448. The van der Waals surface area contributed by atoms with Crippen LogP contribution in [0.1, 0.15) is 32.6 Å².